The summed E-state index contributed by atoms with van der Waals surface area (Å²) in [6.45, 7) is 3.91. The van der Waals surface area contributed by atoms with Gasteiger partial charge in [-0.15, -0.1) is 10.2 Å². The summed E-state index contributed by atoms with van der Waals surface area (Å²) >= 11 is 0. The van der Waals surface area contributed by atoms with Crippen molar-refractivity contribution in [3.8, 4) is 22.6 Å². The Kier molecular flexibility index (Phi) is 6.07. The number of aromatic nitrogens is 5. The molecule has 9 nitrogen and oxygen atoms in total. The maximum Gasteiger partial charge on any atom is 0.260 e. The van der Waals surface area contributed by atoms with Crippen molar-refractivity contribution in [2.45, 2.75) is 45.6 Å². The largest absolute Gasteiger partial charge is 0.496 e. The average molecular weight is 473 g/mol. The zero-order valence-electron chi connectivity index (χ0n) is 20.3. The van der Waals surface area contributed by atoms with Gasteiger partial charge in [0.05, 0.1) is 19.8 Å². The Labute approximate surface area is 203 Å². The standard InChI is InChI=1S/C26H28N6O3/c1-15-21(34-3)14-22(35-4)16(2)23(15)19-13-20-24(32(25(19)33)18-7-5-6-8-18)29-26(31-30-20)28-17-9-11-27-12-10-17/h9-14,18H,5-8H2,1-4H3,(H,27,28,29,31). The van der Waals surface area contributed by atoms with E-state index in [2.05, 4.69) is 20.5 Å². The van der Waals surface area contributed by atoms with E-state index in [9.17, 15) is 4.79 Å². The molecule has 180 valence electrons. The third kappa shape index (κ3) is 4.07. The van der Waals surface area contributed by atoms with Crippen LogP contribution >= 0.6 is 0 Å². The van der Waals surface area contributed by atoms with E-state index in [1.807, 2.05) is 36.6 Å². The number of anilines is 2. The average Bonchev–Trinajstić information content (AvgIpc) is 3.40. The molecular weight excluding hydrogens is 444 g/mol. The zero-order valence-corrected chi connectivity index (χ0v) is 20.3. The van der Waals surface area contributed by atoms with Crippen LogP contribution in [0.25, 0.3) is 22.3 Å². The Morgan fingerprint density at radius 1 is 0.971 bits per heavy atom. The van der Waals surface area contributed by atoms with Crippen molar-refractivity contribution in [2.75, 3.05) is 19.5 Å². The summed E-state index contributed by atoms with van der Waals surface area (Å²) in [5.41, 5.74) is 4.87. The zero-order chi connectivity index (χ0) is 24.5. The molecule has 0 unspecified atom stereocenters. The molecule has 1 aliphatic carbocycles. The van der Waals surface area contributed by atoms with Crippen LogP contribution in [0.3, 0.4) is 0 Å². The number of fused-ring (bicyclic) bond motifs is 1. The third-order valence-electron chi connectivity index (χ3n) is 6.74. The highest BCUT2D eigenvalue weighted by Gasteiger charge is 2.26. The van der Waals surface area contributed by atoms with E-state index in [1.165, 1.54) is 0 Å². The molecule has 0 spiro atoms. The summed E-state index contributed by atoms with van der Waals surface area (Å²) in [5, 5.41) is 11.9. The molecule has 35 heavy (non-hydrogen) atoms. The second kappa shape index (κ2) is 9.32. The summed E-state index contributed by atoms with van der Waals surface area (Å²) in [6, 6.07) is 7.34. The van der Waals surface area contributed by atoms with E-state index < -0.39 is 0 Å². The number of pyridine rings is 2. The maximum absolute atomic E-state index is 14.1. The Balaban J connectivity index is 1.75. The Morgan fingerprint density at radius 3 is 2.26 bits per heavy atom. The topological polar surface area (TPSA) is 104 Å². The van der Waals surface area contributed by atoms with Gasteiger partial charge >= 0.3 is 0 Å². The fourth-order valence-electron chi connectivity index (χ4n) is 5.01. The highest BCUT2D eigenvalue weighted by molar-refractivity contribution is 5.83. The molecule has 1 fully saturated rings. The number of benzene rings is 1. The normalized spacial score (nSPS) is 13.8. The van der Waals surface area contributed by atoms with Crippen LogP contribution in [0.1, 0.15) is 42.9 Å². The fourth-order valence-corrected chi connectivity index (χ4v) is 5.01. The Bertz CT molecular complexity index is 1420. The molecule has 1 saturated carbocycles. The van der Waals surface area contributed by atoms with E-state index in [-0.39, 0.29) is 11.6 Å². The van der Waals surface area contributed by atoms with Crippen molar-refractivity contribution in [3.63, 3.8) is 0 Å². The first-order chi connectivity index (χ1) is 17.0. The number of methoxy groups -OCH3 is 2. The maximum atomic E-state index is 14.1. The molecule has 0 atom stereocenters. The number of nitrogens with one attached hydrogen (secondary N) is 1. The molecule has 0 radical (unpaired) electrons. The van der Waals surface area contributed by atoms with Crippen LogP contribution in [0.5, 0.6) is 11.5 Å². The molecule has 0 saturated heterocycles. The van der Waals surface area contributed by atoms with Crippen molar-refractivity contribution in [3.05, 3.63) is 58.1 Å². The van der Waals surface area contributed by atoms with Gasteiger partial charge in [-0.1, -0.05) is 12.8 Å². The smallest absolute Gasteiger partial charge is 0.260 e. The predicted molar refractivity (Wildman–Crippen MR) is 135 cm³/mol. The first-order valence-corrected chi connectivity index (χ1v) is 11.7. The molecule has 1 N–H and O–H groups in total. The number of hydrogen-bond donors (Lipinski definition) is 1. The van der Waals surface area contributed by atoms with E-state index in [0.29, 0.717) is 34.2 Å². The summed E-state index contributed by atoms with van der Waals surface area (Å²) in [7, 11) is 3.23. The van der Waals surface area contributed by atoms with Gasteiger partial charge in [0.15, 0.2) is 5.65 Å². The highest BCUT2D eigenvalue weighted by atomic mass is 16.5. The van der Waals surface area contributed by atoms with Gasteiger partial charge in [-0.3, -0.25) is 14.3 Å². The van der Waals surface area contributed by atoms with E-state index >= 15 is 0 Å². The number of nitrogens with zero attached hydrogens (tertiary/aromatic N) is 5. The molecule has 0 aliphatic heterocycles. The minimum absolute atomic E-state index is 0.0588. The summed E-state index contributed by atoms with van der Waals surface area (Å²) in [6.07, 6.45) is 7.38. The minimum Gasteiger partial charge on any atom is -0.496 e. The van der Waals surface area contributed by atoms with Crippen molar-refractivity contribution in [1.29, 1.82) is 0 Å². The van der Waals surface area contributed by atoms with Gasteiger partial charge in [0.25, 0.3) is 5.56 Å². The van der Waals surface area contributed by atoms with Crippen LogP contribution < -0.4 is 20.3 Å². The Morgan fingerprint density at radius 2 is 1.63 bits per heavy atom. The lowest BCUT2D eigenvalue weighted by molar-refractivity contribution is 0.391. The van der Waals surface area contributed by atoms with E-state index in [0.717, 1.165) is 48.1 Å². The van der Waals surface area contributed by atoms with Crippen LogP contribution in [0.4, 0.5) is 11.6 Å². The summed E-state index contributed by atoms with van der Waals surface area (Å²) < 4.78 is 13.0. The lowest BCUT2D eigenvalue weighted by atomic mass is 9.94. The molecule has 3 heterocycles. The van der Waals surface area contributed by atoms with Gasteiger partial charge in [-0.25, -0.2) is 0 Å². The minimum atomic E-state index is -0.0960. The quantitative estimate of drug-likeness (QED) is 0.429. The van der Waals surface area contributed by atoms with Gasteiger partial charge in [0, 0.05) is 35.8 Å². The number of ether oxygens (including phenoxy) is 2. The van der Waals surface area contributed by atoms with E-state index in [4.69, 9.17) is 14.5 Å². The molecule has 5 rings (SSSR count). The number of hydrogen-bond acceptors (Lipinski definition) is 8. The molecule has 0 bridgehead atoms. The highest BCUT2D eigenvalue weighted by Crippen LogP contribution is 2.39. The summed E-state index contributed by atoms with van der Waals surface area (Å²) in [5.74, 6) is 1.66. The van der Waals surface area contributed by atoms with Crippen molar-refractivity contribution < 1.29 is 9.47 Å². The third-order valence-corrected chi connectivity index (χ3v) is 6.74. The van der Waals surface area contributed by atoms with Crippen molar-refractivity contribution >= 4 is 22.8 Å². The monoisotopic (exact) mass is 472 g/mol. The fraction of sp³-hybridized carbons (Fsp3) is 0.346. The lowest BCUT2D eigenvalue weighted by Gasteiger charge is -2.21. The van der Waals surface area contributed by atoms with Crippen LogP contribution in [-0.2, 0) is 0 Å². The first kappa shape index (κ1) is 22.8. The van der Waals surface area contributed by atoms with Crippen LogP contribution in [-0.4, -0.2) is 39.0 Å². The molecule has 0 amide bonds. The van der Waals surface area contributed by atoms with Crippen LogP contribution in [0.15, 0.2) is 41.5 Å². The second-order valence-electron chi connectivity index (χ2n) is 8.78. The summed E-state index contributed by atoms with van der Waals surface area (Å²) in [4.78, 5) is 22.9. The van der Waals surface area contributed by atoms with Crippen LogP contribution in [0, 0.1) is 13.8 Å². The molecule has 1 aromatic carbocycles. The molecule has 1 aliphatic rings. The second-order valence-corrected chi connectivity index (χ2v) is 8.78. The van der Waals surface area contributed by atoms with Gasteiger partial charge in [-0.05, 0) is 56.0 Å². The van der Waals surface area contributed by atoms with Crippen molar-refractivity contribution in [2.24, 2.45) is 0 Å². The van der Waals surface area contributed by atoms with Gasteiger partial charge in [0.1, 0.15) is 17.0 Å². The molecule has 4 aromatic rings. The molecule has 3 aromatic heterocycles. The van der Waals surface area contributed by atoms with Crippen molar-refractivity contribution in [1.82, 2.24) is 24.7 Å². The van der Waals surface area contributed by atoms with Gasteiger partial charge in [-0.2, -0.15) is 4.98 Å². The van der Waals surface area contributed by atoms with Gasteiger partial charge in [0.2, 0.25) is 5.95 Å². The molecular formula is C26H28N6O3. The van der Waals surface area contributed by atoms with Gasteiger partial charge < -0.3 is 14.8 Å². The molecule has 9 heteroatoms. The first-order valence-electron chi connectivity index (χ1n) is 11.7. The SMILES string of the molecule is COc1cc(OC)c(C)c(-c2cc3nnc(Nc4ccncc4)nc3n(C3CCCC3)c2=O)c1C. The Hall–Kier alpha value is -4.01. The van der Waals surface area contributed by atoms with Crippen LogP contribution in [0.2, 0.25) is 0 Å². The predicted octanol–water partition coefficient (Wildman–Crippen LogP) is 4.74. The van der Waals surface area contributed by atoms with E-state index in [1.54, 1.807) is 32.7 Å². The number of rotatable bonds is 6. The lowest BCUT2D eigenvalue weighted by Crippen LogP contribution is -2.27.